The molecule has 5 heteroatoms. The summed E-state index contributed by atoms with van der Waals surface area (Å²) >= 11 is 0. The number of nitrogens with zero attached hydrogens (tertiary/aromatic N) is 2. The Labute approximate surface area is 124 Å². The van der Waals surface area contributed by atoms with E-state index in [0.29, 0.717) is 13.1 Å². The van der Waals surface area contributed by atoms with Gasteiger partial charge in [0.15, 0.2) is 5.78 Å². The number of carbonyl (C=O) groups excluding carboxylic acids is 2. The minimum absolute atomic E-state index is 0.0784. The molecule has 1 aliphatic carbocycles. The number of piperazine rings is 1. The van der Waals surface area contributed by atoms with E-state index in [2.05, 4.69) is 4.90 Å². The lowest BCUT2D eigenvalue weighted by Crippen LogP contribution is -2.54. The van der Waals surface area contributed by atoms with E-state index in [-0.39, 0.29) is 11.7 Å². The molecule has 0 aromatic heterocycles. The second-order valence-electron chi connectivity index (χ2n) is 6.04. The Kier molecular flexibility index (Phi) is 3.45. The van der Waals surface area contributed by atoms with Crippen LogP contribution in [-0.4, -0.2) is 48.3 Å². The lowest BCUT2D eigenvalue weighted by molar-refractivity contribution is -0.133. The zero-order chi connectivity index (χ0) is 15.0. The lowest BCUT2D eigenvalue weighted by Gasteiger charge is -2.37. The summed E-state index contributed by atoms with van der Waals surface area (Å²) in [4.78, 5) is 27.6. The van der Waals surface area contributed by atoms with Crippen LogP contribution >= 0.6 is 0 Å². The van der Waals surface area contributed by atoms with Crippen molar-refractivity contribution in [3.63, 3.8) is 0 Å². The highest BCUT2D eigenvalue weighted by molar-refractivity contribution is 5.94. The summed E-state index contributed by atoms with van der Waals surface area (Å²) < 4.78 is 0. The number of carbonyl (C=O) groups is 2. The zero-order valence-electron chi connectivity index (χ0n) is 12.3. The van der Waals surface area contributed by atoms with Crippen molar-refractivity contribution in [3.05, 3.63) is 29.8 Å². The fourth-order valence-corrected chi connectivity index (χ4v) is 2.74. The van der Waals surface area contributed by atoms with Crippen molar-refractivity contribution in [2.45, 2.75) is 25.3 Å². The topological polar surface area (TPSA) is 66.6 Å². The number of rotatable bonds is 3. The van der Waals surface area contributed by atoms with Crippen molar-refractivity contribution >= 4 is 17.4 Å². The number of ketones is 1. The fourth-order valence-electron chi connectivity index (χ4n) is 2.74. The summed E-state index contributed by atoms with van der Waals surface area (Å²) in [6.45, 7) is 4.61. The Morgan fingerprint density at radius 3 is 2.10 bits per heavy atom. The molecule has 5 nitrogen and oxygen atoms in total. The van der Waals surface area contributed by atoms with Crippen LogP contribution in [0.3, 0.4) is 0 Å². The summed E-state index contributed by atoms with van der Waals surface area (Å²) in [5, 5.41) is 0. The molecular weight excluding hydrogens is 266 g/mol. The Hall–Kier alpha value is -1.88. The Balaban J connectivity index is 1.60. The monoisotopic (exact) mass is 287 g/mol. The summed E-state index contributed by atoms with van der Waals surface area (Å²) in [6.07, 6.45) is 1.64. The van der Waals surface area contributed by atoms with Crippen molar-refractivity contribution in [2.24, 2.45) is 5.73 Å². The quantitative estimate of drug-likeness (QED) is 0.843. The number of Topliss-reactive ketones (excluding diaryl/α,β-unsaturated/α-hetero) is 1. The van der Waals surface area contributed by atoms with Gasteiger partial charge < -0.3 is 15.5 Å². The van der Waals surface area contributed by atoms with Gasteiger partial charge in [0, 0.05) is 37.4 Å². The third-order valence-corrected chi connectivity index (χ3v) is 4.42. The van der Waals surface area contributed by atoms with Crippen LogP contribution in [-0.2, 0) is 4.79 Å². The van der Waals surface area contributed by atoms with Gasteiger partial charge in [0.05, 0.1) is 5.54 Å². The van der Waals surface area contributed by atoms with E-state index in [1.807, 2.05) is 29.2 Å². The van der Waals surface area contributed by atoms with Crippen molar-refractivity contribution in [1.29, 1.82) is 0 Å². The van der Waals surface area contributed by atoms with Crippen LogP contribution in [0, 0.1) is 0 Å². The number of amides is 1. The van der Waals surface area contributed by atoms with Crippen LogP contribution in [0.1, 0.15) is 30.1 Å². The van der Waals surface area contributed by atoms with Gasteiger partial charge in [0.2, 0.25) is 5.91 Å². The molecule has 2 N–H and O–H groups in total. The summed E-state index contributed by atoms with van der Waals surface area (Å²) in [5.74, 6) is 0.184. The molecule has 0 bridgehead atoms. The number of hydrogen-bond donors (Lipinski definition) is 1. The first-order valence-electron chi connectivity index (χ1n) is 7.44. The van der Waals surface area contributed by atoms with Crippen LogP contribution in [0.2, 0.25) is 0 Å². The van der Waals surface area contributed by atoms with Crippen LogP contribution in [0.15, 0.2) is 24.3 Å². The molecule has 2 aliphatic rings. The van der Waals surface area contributed by atoms with Gasteiger partial charge in [-0.2, -0.15) is 0 Å². The molecule has 0 unspecified atom stereocenters. The predicted octanol–water partition coefficient (Wildman–Crippen LogP) is 1.03. The van der Waals surface area contributed by atoms with Gasteiger partial charge in [-0.15, -0.1) is 0 Å². The Morgan fingerprint density at radius 2 is 1.62 bits per heavy atom. The molecule has 0 atom stereocenters. The predicted molar refractivity (Wildman–Crippen MR) is 81.4 cm³/mol. The molecular formula is C16H21N3O2. The summed E-state index contributed by atoms with van der Waals surface area (Å²) in [5.41, 5.74) is 7.24. The number of benzene rings is 1. The van der Waals surface area contributed by atoms with E-state index >= 15 is 0 Å². The third kappa shape index (κ3) is 2.78. The van der Waals surface area contributed by atoms with Crippen LogP contribution < -0.4 is 10.6 Å². The molecule has 1 heterocycles. The Bertz CT molecular complexity index is 555. The molecule has 1 amide bonds. The molecule has 1 saturated carbocycles. The first-order chi connectivity index (χ1) is 9.99. The van der Waals surface area contributed by atoms with Gasteiger partial charge in [-0.3, -0.25) is 9.59 Å². The van der Waals surface area contributed by atoms with E-state index in [4.69, 9.17) is 5.73 Å². The highest BCUT2D eigenvalue weighted by atomic mass is 16.2. The maximum Gasteiger partial charge on any atom is 0.242 e. The van der Waals surface area contributed by atoms with E-state index in [1.54, 1.807) is 6.92 Å². The van der Waals surface area contributed by atoms with E-state index < -0.39 is 5.54 Å². The van der Waals surface area contributed by atoms with Crippen molar-refractivity contribution < 1.29 is 9.59 Å². The minimum atomic E-state index is -0.564. The Morgan fingerprint density at radius 1 is 1.05 bits per heavy atom. The second-order valence-corrected chi connectivity index (χ2v) is 6.04. The van der Waals surface area contributed by atoms with E-state index in [1.165, 1.54) is 0 Å². The smallest absolute Gasteiger partial charge is 0.242 e. The molecule has 2 fully saturated rings. The highest BCUT2D eigenvalue weighted by Crippen LogP contribution is 2.34. The van der Waals surface area contributed by atoms with Gasteiger partial charge in [0.25, 0.3) is 0 Å². The normalized spacial score (nSPS) is 20.3. The number of hydrogen-bond acceptors (Lipinski definition) is 4. The summed E-state index contributed by atoms with van der Waals surface area (Å²) in [6, 6.07) is 7.65. The number of nitrogens with two attached hydrogens (primary N) is 1. The largest absolute Gasteiger partial charge is 0.368 e. The average molecular weight is 287 g/mol. The molecule has 1 aromatic carbocycles. The van der Waals surface area contributed by atoms with Crippen molar-refractivity contribution in [2.75, 3.05) is 31.1 Å². The zero-order valence-corrected chi connectivity index (χ0v) is 12.3. The number of anilines is 1. The van der Waals surface area contributed by atoms with Gasteiger partial charge in [-0.1, -0.05) is 0 Å². The van der Waals surface area contributed by atoms with Gasteiger partial charge in [-0.25, -0.2) is 0 Å². The van der Waals surface area contributed by atoms with Crippen molar-refractivity contribution in [3.8, 4) is 0 Å². The van der Waals surface area contributed by atoms with Crippen LogP contribution in [0.25, 0.3) is 0 Å². The molecule has 112 valence electrons. The first kappa shape index (κ1) is 14.1. The minimum Gasteiger partial charge on any atom is -0.368 e. The van der Waals surface area contributed by atoms with Crippen LogP contribution in [0.4, 0.5) is 5.69 Å². The first-order valence-corrected chi connectivity index (χ1v) is 7.44. The second kappa shape index (κ2) is 5.15. The SMILES string of the molecule is CC(=O)c1ccc(N2CCN(C(=O)C3(N)CC3)CC2)cc1. The van der Waals surface area contributed by atoms with Gasteiger partial charge in [0.1, 0.15) is 0 Å². The fraction of sp³-hybridized carbons (Fsp3) is 0.500. The van der Waals surface area contributed by atoms with Crippen molar-refractivity contribution in [1.82, 2.24) is 4.90 Å². The van der Waals surface area contributed by atoms with Gasteiger partial charge >= 0.3 is 0 Å². The maximum absolute atomic E-state index is 12.2. The molecule has 3 rings (SSSR count). The molecule has 21 heavy (non-hydrogen) atoms. The van der Waals surface area contributed by atoms with E-state index in [0.717, 1.165) is 37.2 Å². The van der Waals surface area contributed by atoms with Crippen LogP contribution in [0.5, 0.6) is 0 Å². The molecule has 1 aliphatic heterocycles. The average Bonchev–Trinajstić information content (AvgIpc) is 3.26. The lowest BCUT2D eigenvalue weighted by atomic mass is 10.1. The molecule has 0 spiro atoms. The molecule has 1 saturated heterocycles. The highest BCUT2D eigenvalue weighted by Gasteiger charge is 2.48. The standard InChI is InChI=1S/C16H21N3O2/c1-12(20)13-2-4-14(5-3-13)18-8-10-19(11-9-18)15(21)16(17)6-7-16/h2-5H,6-11,17H2,1H3. The third-order valence-electron chi connectivity index (χ3n) is 4.42. The summed E-state index contributed by atoms with van der Waals surface area (Å²) in [7, 11) is 0. The molecule has 0 radical (unpaired) electrons. The van der Waals surface area contributed by atoms with E-state index in [9.17, 15) is 9.59 Å². The maximum atomic E-state index is 12.2. The van der Waals surface area contributed by atoms with Gasteiger partial charge in [-0.05, 0) is 44.0 Å². The molecule has 1 aromatic rings.